The molecule has 4 atom stereocenters. The van der Waals surface area contributed by atoms with Crippen molar-refractivity contribution in [1.29, 1.82) is 0 Å². The van der Waals surface area contributed by atoms with Gasteiger partial charge in [-0.2, -0.15) is 0 Å². The Bertz CT molecular complexity index is 1020. The first-order chi connectivity index (χ1) is 16.5. The molecule has 1 heterocycles. The molecular weight excluding hydrogens is 426 g/mol. The molecule has 0 spiro atoms. The quantitative estimate of drug-likeness (QED) is 0.440. The fourth-order valence-corrected chi connectivity index (χ4v) is 4.56. The van der Waals surface area contributed by atoms with Gasteiger partial charge in [0.25, 0.3) is 0 Å². The highest BCUT2D eigenvalue weighted by molar-refractivity contribution is 5.32. The molecule has 34 heavy (non-hydrogen) atoms. The van der Waals surface area contributed by atoms with Crippen molar-refractivity contribution in [2.45, 2.75) is 63.6 Å². The summed E-state index contributed by atoms with van der Waals surface area (Å²) < 4.78 is 12.3. The molecule has 1 aliphatic heterocycles. The maximum absolute atomic E-state index is 11.8. The summed E-state index contributed by atoms with van der Waals surface area (Å²) in [5.41, 5.74) is 2.23. The Morgan fingerprint density at radius 3 is 2.29 bits per heavy atom. The van der Waals surface area contributed by atoms with E-state index in [4.69, 9.17) is 9.47 Å². The minimum absolute atomic E-state index is 0.372. The zero-order valence-electron chi connectivity index (χ0n) is 20.0. The van der Waals surface area contributed by atoms with Gasteiger partial charge < -0.3 is 25.0 Å². The normalized spacial score (nSPS) is 23.3. The Morgan fingerprint density at radius 2 is 1.62 bits per heavy atom. The molecule has 3 aromatic rings. The number of nitrogens with one attached hydrogen (secondary N) is 1. The number of hydrogen-bond acceptors (Lipinski definition) is 5. The van der Waals surface area contributed by atoms with Crippen LogP contribution in [0.2, 0.25) is 0 Å². The van der Waals surface area contributed by atoms with Crippen molar-refractivity contribution in [1.82, 2.24) is 5.32 Å². The Morgan fingerprint density at radius 1 is 0.941 bits per heavy atom. The molecule has 4 unspecified atom stereocenters. The fraction of sp³-hybridized carbons (Fsp3) is 0.379. The van der Waals surface area contributed by atoms with Crippen LogP contribution >= 0.6 is 0 Å². The minimum Gasteiger partial charge on any atom is -0.489 e. The van der Waals surface area contributed by atoms with Crippen LogP contribution in [-0.2, 0) is 13.0 Å². The largest absolute Gasteiger partial charge is 0.489 e. The van der Waals surface area contributed by atoms with E-state index in [-0.39, 0.29) is 6.04 Å². The third-order valence-corrected chi connectivity index (χ3v) is 6.59. The van der Waals surface area contributed by atoms with Crippen molar-refractivity contribution in [3.05, 3.63) is 95.6 Å². The smallest absolute Gasteiger partial charge is 0.145 e. The predicted octanol–water partition coefficient (Wildman–Crippen LogP) is 4.43. The number of benzene rings is 3. The summed E-state index contributed by atoms with van der Waals surface area (Å²) in [4.78, 5) is 0. The first-order valence-electron chi connectivity index (χ1n) is 12.1. The molecule has 4 rings (SSSR count). The van der Waals surface area contributed by atoms with Crippen LogP contribution in [0.5, 0.6) is 11.5 Å². The van der Waals surface area contributed by atoms with Gasteiger partial charge in [-0.05, 0) is 61.7 Å². The van der Waals surface area contributed by atoms with E-state index in [2.05, 4.69) is 36.5 Å². The van der Waals surface area contributed by atoms with Gasteiger partial charge in [-0.3, -0.25) is 0 Å². The average molecular weight is 462 g/mol. The minimum atomic E-state index is -1.11. The third kappa shape index (κ3) is 5.98. The van der Waals surface area contributed by atoms with Gasteiger partial charge in [0.05, 0.1) is 12.1 Å². The third-order valence-electron chi connectivity index (χ3n) is 6.59. The lowest BCUT2D eigenvalue weighted by molar-refractivity contribution is -0.117. The second kappa shape index (κ2) is 11.0. The average Bonchev–Trinajstić information content (AvgIpc) is 2.86. The summed E-state index contributed by atoms with van der Waals surface area (Å²) in [6.07, 6.45) is 0.350. The number of aryl methyl sites for hydroxylation is 1. The van der Waals surface area contributed by atoms with Crippen molar-refractivity contribution in [2.24, 2.45) is 0 Å². The second-order valence-corrected chi connectivity index (χ2v) is 9.26. The highest BCUT2D eigenvalue weighted by Crippen LogP contribution is 2.33. The molecule has 1 aliphatic rings. The van der Waals surface area contributed by atoms with Gasteiger partial charge in [-0.1, -0.05) is 67.1 Å². The van der Waals surface area contributed by atoms with E-state index in [9.17, 15) is 10.2 Å². The maximum Gasteiger partial charge on any atom is 0.145 e. The van der Waals surface area contributed by atoms with Crippen molar-refractivity contribution in [3.63, 3.8) is 0 Å². The Hall–Kier alpha value is -2.86. The topological polar surface area (TPSA) is 71.0 Å². The molecule has 180 valence electrons. The van der Waals surface area contributed by atoms with Crippen LogP contribution in [0.1, 0.15) is 36.5 Å². The first-order valence-corrected chi connectivity index (χ1v) is 12.1. The van der Waals surface area contributed by atoms with Crippen LogP contribution in [0.3, 0.4) is 0 Å². The van der Waals surface area contributed by atoms with E-state index >= 15 is 0 Å². The summed E-state index contributed by atoms with van der Waals surface area (Å²) in [6.45, 7) is 5.11. The number of rotatable bonds is 9. The number of aliphatic hydroxyl groups excluding tert-OH is 1. The summed E-state index contributed by atoms with van der Waals surface area (Å²) in [7, 11) is 0. The summed E-state index contributed by atoms with van der Waals surface area (Å²) >= 11 is 0. The van der Waals surface area contributed by atoms with Crippen LogP contribution in [0.4, 0.5) is 0 Å². The van der Waals surface area contributed by atoms with Crippen LogP contribution in [0, 0.1) is 6.92 Å². The van der Waals surface area contributed by atoms with Gasteiger partial charge in [0.15, 0.2) is 0 Å². The van der Waals surface area contributed by atoms with Crippen molar-refractivity contribution >= 4 is 0 Å². The molecule has 0 saturated carbocycles. The predicted molar refractivity (Wildman–Crippen MR) is 134 cm³/mol. The lowest BCUT2D eigenvalue weighted by Crippen LogP contribution is -2.66. The van der Waals surface area contributed by atoms with E-state index in [0.717, 1.165) is 16.9 Å². The van der Waals surface area contributed by atoms with Crippen molar-refractivity contribution < 1.29 is 19.7 Å². The molecule has 0 amide bonds. The van der Waals surface area contributed by atoms with Gasteiger partial charge >= 0.3 is 0 Å². The van der Waals surface area contributed by atoms with Gasteiger partial charge in [0.2, 0.25) is 0 Å². The lowest BCUT2D eigenvalue weighted by atomic mass is 9.78. The second-order valence-electron chi connectivity index (χ2n) is 9.26. The molecule has 1 saturated heterocycles. The van der Waals surface area contributed by atoms with Crippen molar-refractivity contribution in [3.8, 4) is 11.5 Å². The number of hydrogen-bond donors (Lipinski definition) is 3. The lowest BCUT2D eigenvalue weighted by Gasteiger charge is -2.46. The highest BCUT2D eigenvalue weighted by atomic mass is 16.5. The monoisotopic (exact) mass is 461 g/mol. The molecule has 0 radical (unpaired) electrons. The SMILES string of the molecule is CCC(O)C1NCCC(O)(Cc2ccc(C)cc2)C1Oc1ccc(OCc2ccccc2)cc1. The first kappa shape index (κ1) is 24.3. The summed E-state index contributed by atoms with van der Waals surface area (Å²) in [6, 6.07) is 25.3. The van der Waals surface area contributed by atoms with Crippen LogP contribution < -0.4 is 14.8 Å². The Labute approximate surface area is 202 Å². The van der Waals surface area contributed by atoms with Gasteiger partial charge in [0, 0.05) is 6.42 Å². The highest BCUT2D eigenvalue weighted by Gasteiger charge is 2.48. The van der Waals surface area contributed by atoms with E-state index in [0.29, 0.717) is 38.2 Å². The zero-order valence-corrected chi connectivity index (χ0v) is 20.0. The summed E-state index contributed by atoms with van der Waals surface area (Å²) in [5.74, 6) is 1.38. The molecule has 1 fully saturated rings. The van der Waals surface area contributed by atoms with Crippen molar-refractivity contribution in [2.75, 3.05) is 6.54 Å². The fourth-order valence-electron chi connectivity index (χ4n) is 4.56. The Kier molecular flexibility index (Phi) is 7.88. The van der Waals surface area contributed by atoms with Crippen LogP contribution in [-0.4, -0.2) is 40.6 Å². The molecule has 3 aromatic carbocycles. The standard InChI is InChI=1S/C29H35NO4/c1-3-26(31)27-28(29(32,17-18-30-27)19-22-11-9-21(2)10-12-22)34-25-15-13-24(14-16-25)33-20-23-7-5-4-6-8-23/h4-16,26-28,30-32H,3,17-20H2,1-2H3. The molecule has 5 nitrogen and oxygen atoms in total. The van der Waals surface area contributed by atoms with E-state index in [1.54, 1.807) is 0 Å². The van der Waals surface area contributed by atoms with E-state index in [1.165, 1.54) is 5.56 Å². The molecule has 5 heteroatoms. The van der Waals surface area contributed by atoms with Gasteiger partial charge in [-0.25, -0.2) is 0 Å². The molecular formula is C29H35NO4. The zero-order chi connectivity index (χ0) is 24.0. The van der Waals surface area contributed by atoms with E-state index in [1.807, 2.05) is 61.5 Å². The Balaban J connectivity index is 1.50. The maximum atomic E-state index is 11.8. The number of aliphatic hydroxyl groups is 2. The van der Waals surface area contributed by atoms with Gasteiger partial charge in [0.1, 0.15) is 29.8 Å². The molecule has 0 aliphatic carbocycles. The van der Waals surface area contributed by atoms with Crippen LogP contribution in [0.15, 0.2) is 78.9 Å². The number of ether oxygens (including phenoxy) is 2. The molecule has 3 N–H and O–H groups in total. The molecule has 0 aromatic heterocycles. The van der Waals surface area contributed by atoms with E-state index < -0.39 is 17.8 Å². The van der Waals surface area contributed by atoms with Gasteiger partial charge in [-0.15, -0.1) is 0 Å². The molecule has 0 bridgehead atoms. The summed E-state index contributed by atoms with van der Waals surface area (Å²) in [5, 5.41) is 25.9. The number of piperidine rings is 1. The van der Waals surface area contributed by atoms with Crippen LogP contribution in [0.25, 0.3) is 0 Å².